The van der Waals surface area contributed by atoms with Crippen molar-refractivity contribution in [3.05, 3.63) is 11.7 Å². The van der Waals surface area contributed by atoms with Gasteiger partial charge in [0, 0.05) is 18.9 Å². The van der Waals surface area contributed by atoms with Crippen molar-refractivity contribution in [3.63, 3.8) is 0 Å². The minimum absolute atomic E-state index is 0.114. The van der Waals surface area contributed by atoms with Crippen LogP contribution in [0.25, 0.3) is 0 Å². The Balaban J connectivity index is 2.48. The summed E-state index contributed by atoms with van der Waals surface area (Å²) in [5, 5.41) is 6.58. The lowest BCUT2D eigenvalue weighted by molar-refractivity contribution is -0.134. The molecule has 1 rings (SSSR count). The van der Waals surface area contributed by atoms with Crippen LogP contribution in [0.2, 0.25) is 0 Å². The maximum absolute atomic E-state index is 12.0. The van der Waals surface area contributed by atoms with Gasteiger partial charge in [0.1, 0.15) is 0 Å². The summed E-state index contributed by atoms with van der Waals surface area (Å²) in [6.45, 7) is 2.00. The Morgan fingerprint density at radius 3 is 2.65 bits per heavy atom. The van der Waals surface area contributed by atoms with Crippen LogP contribution in [0.3, 0.4) is 0 Å². The quantitative estimate of drug-likeness (QED) is 0.841. The predicted molar refractivity (Wildman–Crippen MR) is 55.5 cm³/mol. The first-order valence-electron chi connectivity index (χ1n) is 5.50. The van der Waals surface area contributed by atoms with E-state index in [1.165, 1.54) is 0 Å². The molecular formula is C10H16F3N3O. The van der Waals surface area contributed by atoms with Crippen molar-refractivity contribution in [2.45, 2.75) is 44.8 Å². The zero-order chi connectivity index (χ0) is 12.9. The number of halogens is 3. The lowest BCUT2D eigenvalue weighted by Gasteiger charge is -2.09. The second-order valence-corrected chi connectivity index (χ2v) is 3.82. The number of hydrogen-bond acceptors (Lipinski definition) is 4. The van der Waals surface area contributed by atoms with E-state index in [1.54, 1.807) is 0 Å². The third-order valence-corrected chi connectivity index (χ3v) is 2.46. The van der Waals surface area contributed by atoms with Crippen LogP contribution in [-0.4, -0.2) is 29.4 Å². The van der Waals surface area contributed by atoms with Gasteiger partial charge in [-0.2, -0.15) is 18.2 Å². The number of aromatic nitrogens is 2. The number of hydrogen-bond donors (Lipinski definition) is 1. The molecule has 0 spiro atoms. The van der Waals surface area contributed by atoms with Crippen molar-refractivity contribution >= 4 is 0 Å². The van der Waals surface area contributed by atoms with Crippen LogP contribution in [-0.2, 0) is 12.8 Å². The first kappa shape index (κ1) is 14.0. The molecule has 0 aliphatic carbocycles. The van der Waals surface area contributed by atoms with Gasteiger partial charge in [0.25, 0.3) is 0 Å². The van der Waals surface area contributed by atoms with Gasteiger partial charge in [0.05, 0.1) is 6.42 Å². The Morgan fingerprint density at radius 1 is 1.41 bits per heavy atom. The van der Waals surface area contributed by atoms with Crippen LogP contribution in [0.1, 0.15) is 31.5 Å². The zero-order valence-corrected chi connectivity index (χ0v) is 9.84. The highest BCUT2D eigenvalue weighted by molar-refractivity contribution is 4.89. The summed E-state index contributed by atoms with van der Waals surface area (Å²) >= 11 is 0. The van der Waals surface area contributed by atoms with Crippen LogP contribution in [0.4, 0.5) is 13.2 Å². The molecular weight excluding hydrogens is 235 g/mol. The summed E-state index contributed by atoms with van der Waals surface area (Å²) < 4.78 is 40.8. The number of nitrogens with one attached hydrogen (secondary N) is 1. The maximum atomic E-state index is 12.0. The van der Waals surface area contributed by atoms with Gasteiger partial charge in [-0.3, -0.25) is 0 Å². The van der Waals surface area contributed by atoms with Crippen LogP contribution in [0.5, 0.6) is 0 Å². The Morgan fingerprint density at radius 2 is 2.12 bits per heavy atom. The van der Waals surface area contributed by atoms with Gasteiger partial charge < -0.3 is 9.84 Å². The fourth-order valence-electron chi connectivity index (χ4n) is 1.39. The average molecular weight is 251 g/mol. The Hall–Kier alpha value is -1.11. The van der Waals surface area contributed by atoms with E-state index in [0.717, 1.165) is 6.42 Å². The number of nitrogens with zero attached hydrogens (tertiary/aromatic N) is 2. The molecule has 1 aromatic heterocycles. The van der Waals surface area contributed by atoms with Gasteiger partial charge in [-0.25, -0.2) is 0 Å². The normalized spacial score (nSPS) is 13.9. The molecule has 0 aromatic carbocycles. The Kier molecular flexibility index (Phi) is 4.92. The topological polar surface area (TPSA) is 51.0 Å². The molecule has 0 bridgehead atoms. The molecule has 1 N–H and O–H groups in total. The van der Waals surface area contributed by atoms with E-state index >= 15 is 0 Å². The number of likely N-dealkylation sites (N-methyl/N-ethyl adjacent to an activating group) is 1. The van der Waals surface area contributed by atoms with E-state index in [0.29, 0.717) is 12.3 Å². The molecule has 0 aliphatic heterocycles. The van der Waals surface area contributed by atoms with Gasteiger partial charge in [0.2, 0.25) is 5.89 Å². The molecule has 1 unspecified atom stereocenters. The van der Waals surface area contributed by atoms with Gasteiger partial charge in [-0.05, 0) is 13.5 Å². The number of aryl methyl sites for hydroxylation is 1. The molecule has 1 aromatic rings. The van der Waals surface area contributed by atoms with E-state index in [-0.39, 0.29) is 18.3 Å². The minimum atomic E-state index is -4.18. The largest absolute Gasteiger partial charge is 0.389 e. The van der Waals surface area contributed by atoms with Gasteiger partial charge in [-0.1, -0.05) is 12.1 Å². The number of alkyl halides is 3. The molecule has 98 valence electrons. The van der Waals surface area contributed by atoms with Crippen molar-refractivity contribution in [1.29, 1.82) is 0 Å². The summed E-state index contributed by atoms with van der Waals surface area (Å²) in [6.07, 6.45) is -3.92. The molecule has 0 fully saturated rings. The van der Waals surface area contributed by atoms with E-state index in [2.05, 4.69) is 15.5 Å². The predicted octanol–water partition coefficient (Wildman–Crippen LogP) is 2.10. The Labute approximate surface area is 97.6 Å². The van der Waals surface area contributed by atoms with Gasteiger partial charge in [-0.15, -0.1) is 0 Å². The van der Waals surface area contributed by atoms with Crippen LogP contribution < -0.4 is 5.32 Å². The molecule has 0 radical (unpaired) electrons. The van der Waals surface area contributed by atoms with E-state index < -0.39 is 12.6 Å². The maximum Gasteiger partial charge on any atom is 0.389 e. The third kappa shape index (κ3) is 5.16. The molecule has 7 heteroatoms. The van der Waals surface area contributed by atoms with E-state index in [4.69, 9.17) is 4.52 Å². The molecule has 4 nitrogen and oxygen atoms in total. The highest BCUT2D eigenvalue weighted by Crippen LogP contribution is 2.21. The van der Waals surface area contributed by atoms with Gasteiger partial charge >= 0.3 is 6.18 Å². The van der Waals surface area contributed by atoms with Crippen LogP contribution in [0.15, 0.2) is 4.52 Å². The first-order valence-corrected chi connectivity index (χ1v) is 5.50. The van der Waals surface area contributed by atoms with Crippen molar-refractivity contribution < 1.29 is 17.7 Å². The fraction of sp³-hybridized carbons (Fsp3) is 0.800. The molecule has 0 saturated carbocycles. The van der Waals surface area contributed by atoms with Gasteiger partial charge in [0.15, 0.2) is 5.82 Å². The molecule has 1 heterocycles. The van der Waals surface area contributed by atoms with Crippen molar-refractivity contribution in [1.82, 2.24) is 15.5 Å². The monoisotopic (exact) mass is 251 g/mol. The molecule has 0 amide bonds. The average Bonchev–Trinajstić information content (AvgIpc) is 2.70. The highest BCUT2D eigenvalue weighted by atomic mass is 19.4. The smallest absolute Gasteiger partial charge is 0.339 e. The standard InChI is InChI=1S/C10H16F3N3O/c1-3-7(14-2)6-9-15-8(16-17-9)4-5-10(11,12)13/h7,14H,3-6H2,1-2H3. The summed E-state index contributed by atoms with van der Waals surface area (Å²) in [7, 11) is 1.81. The van der Waals surface area contributed by atoms with Crippen molar-refractivity contribution in [3.8, 4) is 0 Å². The van der Waals surface area contributed by atoms with E-state index in [1.807, 2.05) is 14.0 Å². The zero-order valence-electron chi connectivity index (χ0n) is 9.84. The molecule has 0 saturated heterocycles. The first-order chi connectivity index (χ1) is 7.94. The third-order valence-electron chi connectivity index (χ3n) is 2.46. The van der Waals surface area contributed by atoms with Crippen LogP contribution >= 0.6 is 0 Å². The summed E-state index contributed by atoms with van der Waals surface area (Å²) in [5.74, 6) is 0.492. The minimum Gasteiger partial charge on any atom is -0.339 e. The van der Waals surface area contributed by atoms with Crippen molar-refractivity contribution in [2.24, 2.45) is 0 Å². The summed E-state index contributed by atoms with van der Waals surface area (Å²) in [4.78, 5) is 3.93. The lowest BCUT2D eigenvalue weighted by atomic mass is 10.1. The molecule has 1 atom stereocenters. The van der Waals surface area contributed by atoms with E-state index in [9.17, 15) is 13.2 Å². The Bertz CT molecular complexity index is 334. The SMILES string of the molecule is CCC(Cc1nc(CCC(F)(F)F)no1)NC. The highest BCUT2D eigenvalue weighted by Gasteiger charge is 2.27. The second kappa shape index (κ2) is 6.00. The summed E-state index contributed by atoms with van der Waals surface area (Å²) in [5.41, 5.74) is 0. The van der Waals surface area contributed by atoms with Crippen molar-refractivity contribution in [2.75, 3.05) is 7.05 Å². The summed E-state index contributed by atoms with van der Waals surface area (Å²) in [6, 6.07) is 0.200. The second-order valence-electron chi connectivity index (χ2n) is 3.82. The molecule has 17 heavy (non-hydrogen) atoms. The number of rotatable bonds is 6. The molecule has 0 aliphatic rings. The lowest BCUT2D eigenvalue weighted by Crippen LogP contribution is -2.26. The fourth-order valence-corrected chi connectivity index (χ4v) is 1.39. The van der Waals surface area contributed by atoms with Crippen LogP contribution in [0, 0.1) is 0 Å².